The average Bonchev–Trinajstić information content (AvgIpc) is 3.96. The normalized spacial score (nSPS) is 14.7. The van der Waals surface area contributed by atoms with Crippen LogP contribution >= 0.6 is 0 Å². The van der Waals surface area contributed by atoms with E-state index < -0.39 is 11.5 Å². The molecule has 1 aliphatic heterocycles. The van der Waals surface area contributed by atoms with Crippen LogP contribution in [-0.2, 0) is 38.1 Å². The molecule has 354 valence electrons. The molecule has 2 aliphatic rings. The molecule has 0 unspecified atom stereocenters. The molecule has 68 heavy (non-hydrogen) atoms. The van der Waals surface area contributed by atoms with Crippen LogP contribution < -0.4 is 20.0 Å². The molecule has 5 aromatic rings. The van der Waals surface area contributed by atoms with E-state index in [9.17, 15) is 9.90 Å². The smallest absolute Gasteiger partial charge is 0.278 e. The van der Waals surface area contributed by atoms with Crippen LogP contribution in [0, 0.1) is 0 Å². The highest BCUT2D eigenvalue weighted by Crippen LogP contribution is 2.38. The Kier molecular flexibility index (Phi) is 18.8. The molecule has 0 saturated heterocycles. The summed E-state index contributed by atoms with van der Waals surface area (Å²) in [6.45, 7) is 3.97. The molecule has 0 atom stereocenters. The minimum absolute atomic E-state index is 0.0470. The number of nitrogens with zero attached hydrogens (tertiary/aromatic N) is 6. The van der Waals surface area contributed by atoms with Crippen molar-refractivity contribution in [2.75, 3.05) is 104 Å². The topological polar surface area (TPSA) is 153 Å². The third-order valence-electron chi connectivity index (χ3n) is 10.3. The number of hydrogen-bond acceptors (Lipinski definition) is 14. The Bertz CT molecular complexity index is 2470. The van der Waals surface area contributed by atoms with Crippen molar-refractivity contribution >= 4 is 52.2 Å². The van der Waals surface area contributed by atoms with Crippen molar-refractivity contribution in [1.29, 1.82) is 0 Å². The number of ether oxygens (including phenoxy) is 6. The zero-order valence-corrected chi connectivity index (χ0v) is 38.3. The number of hydrogen-bond donors (Lipinski definition) is 0. The van der Waals surface area contributed by atoms with Gasteiger partial charge in [-0.2, -0.15) is 14.9 Å². The quantitative estimate of drug-likeness (QED) is 0.0178. The van der Waals surface area contributed by atoms with E-state index in [2.05, 4.69) is 0 Å². The van der Waals surface area contributed by atoms with Crippen LogP contribution in [0.2, 0.25) is 0 Å². The number of anilines is 4. The molecule has 0 bridgehead atoms. The van der Waals surface area contributed by atoms with Gasteiger partial charge in [-0.3, -0.25) is 9.63 Å². The Labute approximate surface area is 396 Å². The van der Waals surface area contributed by atoms with E-state index >= 15 is 0 Å². The molecule has 0 radical (unpaired) electrons. The number of allylic oxidation sites excluding steroid dienone is 4. The third-order valence-corrected chi connectivity index (χ3v) is 10.3. The number of methoxy groups -OCH3 is 2. The lowest BCUT2D eigenvalue weighted by Crippen LogP contribution is -2.34. The molecule has 16 heteroatoms. The van der Waals surface area contributed by atoms with E-state index in [1.807, 2.05) is 121 Å². The van der Waals surface area contributed by atoms with Crippen molar-refractivity contribution in [2.45, 2.75) is 0 Å². The predicted molar refractivity (Wildman–Crippen MR) is 258 cm³/mol. The monoisotopic (exact) mass is 924 g/mol. The molecule has 0 fully saturated rings. The number of aromatic nitrogens is 1. The van der Waals surface area contributed by atoms with Gasteiger partial charge in [0, 0.05) is 36.7 Å². The maximum absolute atomic E-state index is 14.4. The highest BCUT2D eigenvalue weighted by molar-refractivity contribution is 6.39. The summed E-state index contributed by atoms with van der Waals surface area (Å²) in [6.07, 6.45) is 6.67. The molecule has 7 rings (SSSR count). The lowest BCUT2D eigenvalue weighted by molar-refractivity contribution is -0.747. The maximum atomic E-state index is 14.4. The molecule has 16 nitrogen and oxygen atoms in total. The molecule has 0 amide bonds. The summed E-state index contributed by atoms with van der Waals surface area (Å²) >= 11 is 0. The van der Waals surface area contributed by atoms with Gasteiger partial charge in [0.15, 0.2) is 6.61 Å². The second-order valence-corrected chi connectivity index (χ2v) is 14.8. The molecule has 4 aromatic carbocycles. The SMILES string of the molecule is COCCOCCOCCOn1c(/C=N/N(c2ccccc2)c2ccccc2)ccc1C1=C([O-])/C(=C2/C=CC(/C=N/N(c3ccccc3)c3ccccc3)=[N+]2OCCOCCOCCOC)C1=O. The van der Waals surface area contributed by atoms with Gasteiger partial charge in [-0.15, -0.1) is 0 Å². The Balaban J connectivity index is 1.19. The van der Waals surface area contributed by atoms with Crippen molar-refractivity contribution in [3.63, 3.8) is 0 Å². The molecule has 1 aliphatic carbocycles. The van der Waals surface area contributed by atoms with Gasteiger partial charge < -0.3 is 38.4 Å². The minimum atomic E-state index is -0.479. The number of carbonyl (C=O) groups is 1. The van der Waals surface area contributed by atoms with Crippen LogP contribution in [0.25, 0.3) is 5.57 Å². The standard InChI is InChI=1S/C52H56N6O10/c1-61-27-29-63-31-33-65-35-37-67-57-45(39-53-55(41-15-7-3-8-16-41)42-17-9-4-10-18-42)23-25-47(57)49-51(59)50(52(49)60)48-26-24-46(58(48)68-38-36-66-34-32-64-30-28-62-2)40-54-56(43-19-11-5-12-20-43)44-21-13-6-14-22-44/h3-26,39-40H,27-38H2,1-2H3. The third kappa shape index (κ3) is 13.0. The first-order chi connectivity index (χ1) is 33.6. The Morgan fingerprint density at radius 3 is 1.44 bits per heavy atom. The molecule has 0 saturated carbocycles. The van der Waals surface area contributed by atoms with Crippen LogP contribution in [-0.4, -0.2) is 127 Å². The lowest BCUT2D eigenvalue weighted by atomic mass is 9.84. The van der Waals surface area contributed by atoms with E-state index in [1.54, 1.807) is 61.0 Å². The second-order valence-electron chi connectivity index (χ2n) is 14.8. The average molecular weight is 925 g/mol. The predicted octanol–water partition coefficient (Wildman–Crippen LogP) is 6.14. The largest absolute Gasteiger partial charge is 0.871 e. The molecule has 0 N–H and O–H groups in total. The van der Waals surface area contributed by atoms with Crippen LogP contribution in [0.1, 0.15) is 11.4 Å². The zero-order valence-electron chi connectivity index (χ0n) is 38.3. The summed E-state index contributed by atoms with van der Waals surface area (Å²) in [5, 5.41) is 27.7. The van der Waals surface area contributed by atoms with Crippen molar-refractivity contribution in [3.05, 3.63) is 174 Å². The second kappa shape index (κ2) is 26.2. The molecule has 2 heterocycles. The number of para-hydroxylation sites is 4. The fourth-order valence-electron chi connectivity index (χ4n) is 6.96. The van der Waals surface area contributed by atoms with Gasteiger partial charge in [-0.05, 0) is 60.7 Å². The number of Topliss-reactive ketones (excluding diaryl/α,β-unsaturated/α-hetero) is 1. The van der Waals surface area contributed by atoms with E-state index in [-0.39, 0.29) is 49.0 Å². The number of rotatable bonds is 29. The first kappa shape index (κ1) is 48.7. The summed E-state index contributed by atoms with van der Waals surface area (Å²) in [5.74, 6) is -0.959. The van der Waals surface area contributed by atoms with Gasteiger partial charge in [-0.1, -0.05) is 78.6 Å². The summed E-state index contributed by atoms with van der Waals surface area (Å²) in [7, 11) is 3.23. The van der Waals surface area contributed by atoms with E-state index in [4.69, 9.17) is 48.3 Å². The highest BCUT2D eigenvalue weighted by atomic mass is 16.7. The van der Waals surface area contributed by atoms with Crippen molar-refractivity contribution < 1.29 is 52.7 Å². The van der Waals surface area contributed by atoms with E-state index in [0.29, 0.717) is 64.3 Å². The number of carbonyl (C=O) groups excluding carboxylic acids is 1. The molecular weight excluding hydrogens is 869 g/mol. The van der Waals surface area contributed by atoms with Gasteiger partial charge >= 0.3 is 0 Å². The van der Waals surface area contributed by atoms with E-state index in [1.165, 1.54) is 9.47 Å². The Morgan fingerprint density at radius 2 is 0.971 bits per heavy atom. The van der Waals surface area contributed by atoms with Crippen molar-refractivity contribution in [3.8, 4) is 0 Å². The fraction of sp³-hybridized carbons (Fsp3) is 0.269. The van der Waals surface area contributed by atoms with Gasteiger partial charge in [0.2, 0.25) is 5.78 Å². The number of benzene rings is 4. The van der Waals surface area contributed by atoms with Crippen molar-refractivity contribution in [1.82, 2.24) is 4.73 Å². The van der Waals surface area contributed by atoms with Gasteiger partial charge in [0.1, 0.15) is 18.5 Å². The number of hydrazone groups is 2. The summed E-state index contributed by atoms with van der Waals surface area (Å²) < 4.78 is 35.5. The van der Waals surface area contributed by atoms with Gasteiger partial charge in [-0.25, -0.2) is 10.0 Å². The molecule has 1 aromatic heterocycles. The highest BCUT2D eigenvalue weighted by Gasteiger charge is 2.40. The number of hydroxylamine groups is 1. The number of ketones is 1. The van der Waals surface area contributed by atoms with Gasteiger partial charge in [0.25, 0.3) is 11.4 Å². The summed E-state index contributed by atoms with van der Waals surface area (Å²) in [5.41, 5.74) is 4.72. The van der Waals surface area contributed by atoms with Crippen LogP contribution in [0.4, 0.5) is 22.7 Å². The summed E-state index contributed by atoms with van der Waals surface area (Å²) in [4.78, 5) is 26.9. The molecular formula is C52H56N6O10. The first-order valence-corrected chi connectivity index (χ1v) is 22.3. The molecule has 0 spiro atoms. The zero-order chi connectivity index (χ0) is 47.2. The Hall–Kier alpha value is -7.18. The Morgan fingerprint density at radius 1 is 0.529 bits per heavy atom. The summed E-state index contributed by atoms with van der Waals surface area (Å²) in [6, 6.07) is 42.3. The van der Waals surface area contributed by atoms with E-state index in [0.717, 1.165) is 22.7 Å². The first-order valence-electron chi connectivity index (χ1n) is 22.3. The van der Waals surface area contributed by atoms with Crippen molar-refractivity contribution in [2.24, 2.45) is 10.2 Å². The van der Waals surface area contributed by atoms with Gasteiger partial charge in [0.05, 0.1) is 106 Å². The van der Waals surface area contributed by atoms with Crippen LogP contribution in [0.15, 0.2) is 173 Å². The fourth-order valence-corrected chi connectivity index (χ4v) is 6.96. The van der Waals surface area contributed by atoms with Crippen LogP contribution in [0.5, 0.6) is 0 Å². The van der Waals surface area contributed by atoms with Crippen LogP contribution in [0.3, 0.4) is 0 Å². The lowest BCUT2D eigenvalue weighted by Gasteiger charge is -2.30. The maximum Gasteiger partial charge on any atom is 0.278 e. The minimum Gasteiger partial charge on any atom is -0.871 e.